The summed E-state index contributed by atoms with van der Waals surface area (Å²) in [6, 6.07) is 10.8. The molecule has 31 heavy (non-hydrogen) atoms. The van der Waals surface area contributed by atoms with Gasteiger partial charge in [-0.3, -0.25) is 14.6 Å². The van der Waals surface area contributed by atoms with E-state index in [2.05, 4.69) is 10.3 Å². The van der Waals surface area contributed by atoms with Crippen LogP contribution < -0.4 is 10.2 Å². The minimum atomic E-state index is -3.57. The lowest BCUT2D eigenvalue weighted by Crippen LogP contribution is -2.42. The molecule has 2 aromatic rings. The number of nitrogens with one attached hydrogen (secondary N) is 1. The lowest BCUT2D eigenvalue weighted by Gasteiger charge is -2.30. The topological polar surface area (TPSA) is 99.7 Å². The molecule has 1 aromatic heterocycles. The number of carbonyl (C=O) groups is 2. The smallest absolute Gasteiger partial charge is 0.244 e. The van der Waals surface area contributed by atoms with Crippen molar-refractivity contribution in [3.05, 3.63) is 54.4 Å². The molecule has 8 nitrogen and oxygen atoms in total. The molecule has 2 aliphatic rings. The maximum atomic E-state index is 12.7. The van der Waals surface area contributed by atoms with Gasteiger partial charge in [0.25, 0.3) is 0 Å². The van der Waals surface area contributed by atoms with Gasteiger partial charge in [-0.1, -0.05) is 12.1 Å². The molecular formula is C22H26N4O4S. The highest BCUT2D eigenvalue weighted by atomic mass is 32.2. The number of hydrogen-bond acceptors (Lipinski definition) is 5. The van der Waals surface area contributed by atoms with Gasteiger partial charge in [0.15, 0.2) is 0 Å². The number of pyridine rings is 1. The van der Waals surface area contributed by atoms with Gasteiger partial charge >= 0.3 is 0 Å². The molecule has 0 radical (unpaired) electrons. The number of piperidine rings is 1. The van der Waals surface area contributed by atoms with Gasteiger partial charge in [-0.15, -0.1) is 0 Å². The number of hydrogen-bond donors (Lipinski definition) is 1. The molecule has 2 amide bonds. The molecule has 9 heteroatoms. The van der Waals surface area contributed by atoms with Crippen LogP contribution in [0.25, 0.3) is 0 Å². The van der Waals surface area contributed by atoms with Crippen LogP contribution in [0.1, 0.15) is 31.2 Å². The van der Waals surface area contributed by atoms with Crippen molar-refractivity contribution in [2.45, 2.75) is 37.1 Å². The Morgan fingerprint density at radius 2 is 1.84 bits per heavy atom. The van der Waals surface area contributed by atoms with E-state index >= 15 is 0 Å². The first-order valence-corrected chi connectivity index (χ1v) is 12.0. The van der Waals surface area contributed by atoms with Crippen molar-refractivity contribution < 1.29 is 18.0 Å². The second-order valence-corrected chi connectivity index (χ2v) is 9.84. The second-order valence-electron chi connectivity index (χ2n) is 7.90. The van der Waals surface area contributed by atoms with E-state index in [-0.39, 0.29) is 22.6 Å². The zero-order valence-corrected chi connectivity index (χ0v) is 18.1. The second kappa shape index (κ2) is 9.15. The van der Waals surface area contributed by atoms with E-state index in [4.69, 9.17) is 0 Å². The molecular weight excluding hydrogens is 416 g/mol. The number of nitrogens with zero attached hydrogens (tertiary/aromatic N) is 3. The van der Waals surface area contributed by atoms with Crippen LogP contribution in [0.15, 0.2) is 53.7 Å². The molecule has 0 saturated carbocycles. The molecule has 4 rings (SSSR count). The molecule has 0 atom stereocenters. The number of aromatic nitrogens is 1. The molecule has 2 saturated heterocycles. The van der Waals surface area contributed by atoms with Crippen molar-refractivity contribution in [3.63, 3.8) is 0 Å². The zero-order valence-electron chi connectivity index (χ0n) is 17.2. The first-order chi connectivity index (χ1) is 14.9. The molecule has 0 unspecified atom stereocenters. The van der Waals surface area contributed by atoms with Gasteiger partial charge in [-0.05, 0) is 49.1 Å². The monoisotopic (exact) mass is 442 g/mol. The Morgan fingerprint density at radius 1 is 1.10 bits per heavy atom. The van der Waals surface area contributed by atoms with Crippen LogP contribution in [0.4, 0.5) is 5.69 Å². The van der Waals surface area contributed by atoms with Crippen molar-refractivity contribution in [1.29, 1.82) is 0 Å². The van der Waals surface area contributed by atoms with E-state index in [0.29, 0.717) is 38.9 Å². The fourth-order valence-corrected chi connectivity index (χ4v) is 5.49. The van der Waals surface area contributed by atoms with E-state index in [9.17, 15) is 18.0 Å². The summed E-state index contributed by atoms with van der Waals surface area (Å²) in [5, 5.41) is 2.95. The molecule has 1 N–H and O–H groups in total. The molecule has 0 aliphatic carbocycles. The minimum absolute atomic E-state index is 0.0581. The lowest BCUT2D eigenvalue weighted by atomic mass is 9.97. The van der Waals surface area contributed by atoms with Crippen molar-refractivity contribution in [2.24, 2.45) is 5.92 Å². The quantitative estimate of drug-likeness (QED) is 0.737. The van der Waals surface area contributed by atoms with E-state index in [0.717, 1.165) is 24.2 Å². The SMILES string of the molecule is O=C(NCc1ccc(N2CCCC2=O)cc1)C1CCN(S(=O)(=O)c2cccnc2)CC1. The number of sulfonamides is 1. The minimum Gasteiger partial charge on any atom is -0.352 e. The van der Waals surface area contributed by atoms with Gasteiger partial charge in [-0.25, -0.2) is 8.42 Å². The summed E-state index contributed by atoms with van der Waals surface area (Å²) in [7, 11) is -3.57. The van der Waals surface area contributed by atoms with Crippen LogP contribution in [0.3, 0.4) is 0 Å². The fourth-order valence-electron chi connectivity index (χ4n) is 4.06. The van der Waals surface area contributed by atoms with Crippen LogP contribution in [0.2, 0.25) is 0 Å². The standard InChI is InChI=1S/C22H26N4O4S/c27-21-4-2-12-26(21)19-7-5-17(6-8-19)15-24-22(28)18-9-13-25(14-10-18)31(29,30)20-3-1-11-23-16-20/h1,3,5-8,11,16,18H,2,4,9-10,12-15H2,(H,24,28). The van der Waals surface area contributed by atoms with Gasteiger partial charge in [0.05, 0.1) is 0 Å². The van der Waals surface area contributed by atoms with Crippen LogP contribution in [-0.4, -0.2) is 49.2 Å². The third kappa shape index (κ3) is 4.77. The average Bonchev–Trinajstić information content (AvgIpc) is 3.24. The molecule has 2 fully saturated rings. The highest BCUT2D eigenvalue weighted by Crippen LogP contribution is 2.24. The summed E-state index contributed by atoms with van der Waals surface area (Å²) in [6.07, 6.45) is 5.34. The Morgan fingerprint density at radius 3 is 2.45 bits per heavy atom. The summed E-state index contributed by atoms with van der Waals surface area (Å²) < 4.78 is 26.8. The van der Waals surface area contributed by atoms with Crippen molar-refractivity contribution >= 4 is 27.5 Å². The highest BCUT2D eigenvalue weighted by molar-refractivity contribution is 7.89. The lowest BCUT2D eigenvalue weighted by molar-refractivity contribution is -0.126. The van der Waals surface area contributed by atoms with Crippen molar-refractivity contribution in [1.82, 2.24) is 14.6 Å². The highest BCUT2D eigenvalue weighted by Gasteiger charge is 2.32. The summed E-state index contributed by atoms with van der Waals surface area (Å²) in [6.45, 7) is 1.78. The Labute approximate surface area is 182 Å². The maximum absolute atomic E-state index is 12.7. The summed E-state index contributed by atoms with van der Waals surface area (Å²) in [4.78, 5) is 30.3. The molecule has 2 aliphatic heterocycles. The van der Waals surface area contributed by atoms with E-state index < -0.39 is 10.0 Å². The van der Waals surface area contributed by atoms with Crippen molar-refractivity contribution in [3.8, 4) is 0 Å². The number of anilines is 1. The zero-order chi connectivity index (χ0) is 21.8. The third-order valence-electron chi connectivity index (χ3n) is 5.89. The Balaban J connectivity index is 1.27. The van der Waals surface area contributed by atoms with Gasteiger partial charge in [0.1, 0.15) is 4.90 Å². The van der Waals surface area contributed by atoms with Crippen LogP contribution in [0, 0.1) is 5.92 Å². The predicted molar refractivity (Wildman–Crippen MR) is 116 cm³/mol. The van der Waals surface area contributed by atoms with Gasteiger partial charge in [0, 0.05) is 56.6 Å². The number of carbonyl (C=O) groups excluding carboxylic acids is 2. The number of benzene rings is 1. The van der Waals surface area contributed by atoms with E-state index in [1.807, 2.05) is 24.3 Å². The normalized spacial score (nSPS) is 18.3. The first-order valence-electron chi connectivity index (χ1n) is 10.5. The van der Waals surface area contributed by atoms with Gasteiger partial charge in [-0.2, -0.15) is 4.31 Å². The fraction of sp³-hybridized carbons (Fsp3) is 0.409. The van der Waals surface area contributed by atoms with Gasteiger partial charge in [0.2, 0.25) is 21.8 Å². The van der Waals surface area contributed by atoms with Crippen LogP contribution in [0.5, 0.6) is 0 Å². The van der Waals surface area contributed by atoms with E-state index in [1.165, 1.54) is 22.8 Å². The Kier molecular flexibility index (Phi) is 6.33. The van der Waals surface area contributed by atoms with Crippen molar-refractivity contribution in [2.75, 3.05) is 24.5 Å². The van der Waals surface area contributed by atoms with E-state index in [1.54, 1.807) is 11.0 Å². The van der Waals surface area contributed by atoms with Crippen LogP contribution >= 0.6 is 0 Å². The summed E-state index contributed by atoms with van der Waals surface area (Å²) >= 11 is 0. The first kappa shape index (κ1) is 21.5. The molecule has 0 bridgehead atoms. The molecule has 1 aromatic carbocycles. The number of amides is 2. The summed E-state index contributed by atoms with van der Waals surface area (Å²) in [5.74, 6) is -0.114. The molecule has 3 heterocycles. The predicted octanol–water partition coefficient (Wildman–Crippen LogP) is 1.93. The third-order valence-corrected chi connectivity index (χ3v) is 7.77. The largest absolute Gasteiger partial charge is 0.352 e. The number of rotatable bonds is 6. The Bertz CT molecular complexity index is 1030. The average molecular weight is 443 g/mol. The van der Waals surface area contributed by atoms with Crippen LogP contribution in [-0.2, 0) is 26.2 Å². The maximum Gasteiger partial charge on any atom is 0.244 e. The summed E-state index contributed by atoms with van der Waals surface area (Å²) in [5.41, 5.74) is 1.85. The molecule has 0 spiro atoms. The van der Waals surface area contributed by atoms with Gasteiger partial charge < -0.3 is 10.2 Å². The molecule has 164 valence electrons. The Hall–Kier alpha value is -2.78.